The molecule has 0 heterocycles. The molecule has 0 amide bonds. The molecule has 1 rings (SSSR count). The maximum atomic E-state index is 10.9. The first kappa shape index (κ1) is 12.3. The Morgan fingerprint density at radius 1 is 1.56 bits per heavy atom. The maximum absolute atomic E-state index is 10.9. The molecule has 0 radical (unpaired) electrons. The van der Waals surface area contributed by atoms with Gasteiger partial charge in [-0.05, 0) is 24.1 Å². The molecule has 4 N–H and O–H groups in total. The van der Waals surface area contributed by atoms with Crippen LogP contribution < -0.4 is 10.5 Å². The Kier molecular flexibility index (Phi) is 3.73. The predicted octanol–water partition coefficient (Wildman–Crippen LogP) is 0.836. The van der Waals surface area contributed by atoms with E-state index in [1.54, 1.807) is 13.0 Å². The molecule has 0 bridgehead atoms. The van der Waals surface area contributed by atoms with Crippen molar-refractivity contribution in [1.29, 1.82) is 0 Å². The number of carbonyl (C=O) groups is 1. The van der Waals surface area contributed by atoms with Gasteiger partial charge in [0.1, 0.15) is 0 Å². The molecule has 0 aliphatic rings. The van der Waals surface area contributed by atoms with Gasteiger partial charge in [-0.3, -0.25) is 4.79 Å². The zero-order chi connectivity index (χ0) is 12.3. The van der Waals surface area contributed by atoms with E-state index in [0.717, 1.165) is 0 Å². The first-order valence-corrected chi connectivity index (χ1v) is 4.81. The number of hydrogen-bond donors (Lipinski definition) is 3. The topological polar surface area (TPSA) is 92.8 Å². The van der Waals surface area contributed by atoms with Gasteiger partial charge in [-0.15, -0.1) is 0 Å². The highest BCUT2D eigenvalue weighted by atomic mass is 16.5. The van der Waals surface area contributed by atoms with Gasteiger partial charge in [0.05, 0.1) is 13.0 Å². The van der Waals surface area contributed by atoms with Crippen molar-refractivity contribution in [2.24, 2.45) is 5.73 Å². The third kappa shape index (κ3) is 2.25. The third-order valence-corrected chi connectivity index (χ3v) is 2.44. The molecule has 0 aromatic heterocycles. The van der Waals surface area contributed by atoms with Gasteiger partial charge in [0.15, 0.2) is 11.5 Å². The fourth-order valence-electron chi connectivity index (χ4n) is 1.51. The van der Waals surface area contributed by atoms with Crippen LogP contribution in [0.15, 0.2) is 12.1 Å². The summed E-state index contributed by atoms with van der Waals surface area (Å²) in [5.41, 5.74) is 6.49. The molecular formula is C11H15NO4. The van der Waals surface area contributed by atoms with Crippen LogP contribution in [-0.2, 0) is 4.79 Å². The van der Waals surface area contributed by atoms with Crippen molar-refractivity contribution in [3.8, 4) is 11.5 Å². The van der Waals surface area contributed by atoms with Crippen molar-refractivity contribution in [1.82, 2.24) is 0 Å². The lowest BCUT2D eigenvalue weighted by molar-refractivity contribution is -0.138. The minimum Gasteiger partial charge on any atom is -0.504 e. The van der Waals surface area contributed by atoms with Crippen LogP contribution in [0.3, 0.4) is 0 Å². The zero-order valence-electron chi connectivity index (χ0n) is 9.23. The van der Waals surface area contributed by atoms with E-state index >= 15 is 0 Å². The number of aryl methyl sites for hydroxylation is 1. The number of nitrogens with two attached hydrogens (primary N) is 1. The van der Waals surface area contributed by atoms with Gasteiger partial charge in [0.25, 0.3) is 0 Å². The van der Waals surface area contributed by atoms with Gasteiger partial charge < -0.3 is 20.7 Å². The van der Waals surface area contributed by atoms with Gasteiger partial charge in [0, 0.05) is 6.54 Å². The lowest BCUT2D eigenvalue weighted by Gasteiger charge is -2.14. The molecule has 0 aliphatic carbocycles. The SMILES string of the molecule is COc1cc(C(CN)C(=O)O)cc(C)c1O. The average Bonchev–Trinajstić information content (AvgIpc) is 2.23. The van der Waals surface area contributed by atoms with Crippen molar-refractivity contribution in [2.75, 3.05) is 13.7 Å². The number of carboxylic acids is 1. The van der Waals surface area contributed by atoms with Gasteiger partial charge in [-0.1, -0.05) is 6.07 Å². The molecule has 1 aromatic carbocycles. The second-order valence-electron chi connectivity index (χ2n) is 3.52. The summed E-state index contributed by atoms with van der Waals surface area (Å²) in [5.74, 6) is -1.50. The number of hydrogen-bond acceptors (Lipinski definition) is 4. The molecule has 16 heavy (non-hydrogen) atoms. The van der Waals surface area contributed by atoms with Crippen molar-refractivity contribution in [3.05, 3.63) is 23.3 Å². The van der Waals surface area contributed by atoms with Gasteiger partial charge in [0.2, 0.25) is 0 Å². The van der Waals surface area contributed by atoms with E-state index in [-0.39, 0.29) is 18.0 Å². The standard InChI is InChI=1S/C11H15NO4/c1-6-3-7(8(5-12)11(14)15)4-9(16-2)10(6)13/h3-4,8,13H,5,12H2,1-2H3,(H,14,15). The first-order chi connectivity index (χ1) is 7.51. The Bertz CT molecular complexity index is 403. The number of aromatic hydroxyl groups is 1. The molecule has 0 aliphatic heterocycles. The summed E-state index contributed by atoms with van der Waals surface area (Å²) in [7, 11) is 1.41. The van der Waals surface area contributed by atoms with Crippen LogP contribution in [0.25, 0.3) is 0 Å². The smallest absolute Gasteiger partial charge is 0.312 e. The second kappa shape index (κ2) is 4.85. The zero-order valence-corrected chi connectivity index (χ0v) is 9.23. The average molecular weight is 225 g/mol. The first-order valence-electron chi connectivity index (χ1n) is 4.81. The van der Waals surface area contributed by atoms with Gasteiger partial charge in [-0.2, -0.15) is 0 Å². The Morgan fingerprint density at radius 3 is 2.62 bits per heavy atom. The van der Waals surface area contributed by atoms with Crippen molar-refractivity contribution < 1.29 is 19.7 Å². The van der Waals surface area contributed by atoms with E-state index in [4.69, 9.17) is 15.6 Å². The summed E-state index contributed by atoms with van der Waals surface area (Å²) in [6.45, 7) is 1.68. The van der Waals surface area contributed by atoms with E-state index in [0.29, 0.717) is 11.1 Å². The molecular weight excluding hydrogens is 210 g/mol. The number of rotatable bonds is 4. The predicted molar refractivity (Wildman–Crippen MR) is 58.8 cm³/mol. The number of phenols is 1. The highest BCUT2D eigenvalue weighted by Crippen LogP contribution is 2.33. The number of benzene rings is 1. The Hall–Kier alpha value is -1.75. The van der Waals surface area contributed by atoms with Crippen molar-refractivity contribution >= 4 is 5.97 Å². The normalized spacial score (nSPS) is 12.2. The number of aliphatic carboxylic acids is 1. The molecule has 0 saturated carbocycles. The van der Waals surface area contributed by atoms with E-state index in [1.807, 2.05) is 0 Å². The summed E-state index contributed by atoms with van der Waals surface area (Å²) < 4.78 is 4.96. The lowest BCUT2D eigenvalue weighted by atomic mass is 9.97. The fraction of sp³-hybridized carbons (Fsp3) is 0.364. The summed E-state index contributed by atoms with van der Waals surface area (Å²) in [4.78, 5) is 10.9. The van der Waals surface area contributed by atoms with Crippen LogP contribution in [0.5, 0.6) is 11.5 Å². The van der Waals surface area contributed by atoms with E-state index in [2.05, 4.69) is 0 Å². The van der Waals surface area contributed by atoms with E-state index in [9.17, 15) is 9.90 Å². The van der Waals surface area contributed by atoms with Crippen molar-refractivity contribution in [3.63, 3.8) is 0 Å². The van der Waals surface area contributed by atoms with Gasteiger partial charge >= 0.3 is 5.97 Å². The number of phenolic OH excluding ortho intramolecular Hbond substituents is 1. The fourth-order valence-corrected chi connectivity index (χ4v) is 1.51. The largest absolute Gasteiger partial charge is 0.504 e. The monoisotopic (exact) mass is 225 g/mol. The molecule has 1 unspecified atom stereocenters. The van der Waals surface area contributed by atoms with E-state index < -0.39 is 11.9 Å². The van der Waals surface area contributed by atoms with Crippen LogP contribution in [0.4, 0.5) is 0 Å². The van der Waals surface area contributed by atoms with Crippen LogP contribution in [0, 0.1) is 6.92 Å². The van der Waals surface area contributed by atoms with Crippen LogP contribution in [-0.4, -0.2) is 29.8 Å². The molecule has 0 saturated heterocycles. The highest BCUT2D eigenvalue weighted by Gasteiger charge is 2.20. The summed E-state index contributed by atoms with van der Waals surface area (Å²) in [6, 6.07) is 3.09. The summed E-state index contributed by atoms with van der Waals surface area (Å²) in [6.07, 6.45) is 0. The molecule has 0 spiro atoms. The van der Waals surface area contributed by atoms with Gasteiger partial charge in [-0.25, -0.2) is 0 Å². The minimum atomic E-state index is -0.991. The summed E-state index contributed by atoms with van der Waals surface area (Å²) in [5, 5.41) is 18.6. The maximum Gasteiger partial charge on any atom is 0.312 e. The summed E-state index contributed by atoms with van der Waals surface area (Å²) >= 11 is 0. The molecule has 5 heteroatoms. The van der Waals surface area contributed by atoms with Crippen LogP contribution in [0.2, 0.25) is 0 Å². The van der Waals surface area contributed by atoms with Crippen molar-refractivity contribution in [2.45, 2.75) is 12.8 Å². The Labute approximate surface area is 93.5 Å². The molecule has 1 aromatic rings. The number of carboxylic acid groups (broad SMARTS) is 1. The second-order valence-corrected chi connectivity index (χ2v) is 3.52. The lowest BCUT2D eigenvalue weighted by Crippen LogP contribution is -2.21. The quantitative estimate of drug-likeness (QED) is 0.706. The highest BCUT2D eigenvalue weighted by molar-refractivity contribution is 5.77. The van der Waals surface area contributed by atoms with Crippen LogP contribution >= 0.6 is 0 Å². The number of methoxy groups -OCH3 is 1. The molecule has 88 valence electrons. The molecule has 1 atom stereocenters. The molecule has 5 nitrogen and oxygen atoms in total. The Morgan fingerprint density at radius 2 is 2.19 bits per heavy atom. The Balaban J connectivity index is 3.24. The third-order valence-electron chi connectivity index (χ3n) is 2.44. The minimum absolute atomic E-state index is 0.00268. The van der Waals surface area contributed by atoms with Crippen LogP contribution in [0.1, 0.15) is 17.0 Å². The molecule has 0 fully saturated rings. The van der Waals surface area contributed by atoms with E-state index in [1.165, 1.54) is 13.2 Å². The number of ether oxygens (including phenoxy) is 1.